The molecule has 0 spiro atoms. The standard InChI is InChI=1S/C12H23N3O2/c1-4-15(7-9-5-6-9)12(16)10(8(2)3)11(13)14-17/h8-10,17H,4-7H2,1-3H3,(H2,13,14). The van der Waals surface area contributed by atoms with Gasteiger partial charge in [-0.1, -0.05) is 19.0 Å². The summed E-state index contributed by atoms with van der Waals surface area (Å²) in [5.74, 6) is 0.160. The molecule has 0 aromatic rings. The fraction of sp³-hybridized carbons (Fsp3) is 0.833. The topological polar surface area (TPSA) is 78.9 Å². The number of nitrogens with two attached hydrogens (primary N) is 1. The van der Waals surface area contributed by atoms with E-state index in [1.165, 1.54) is 12.8 Å². The molecule has 1 amide bonds. The Kier molecular flexibility index (Phi) is 4.78. The molecule has 98 valence electrons. The number of nitrogens with zero attached hydrogens (tertiary/aromatic N) is 2. The van der Waals surface area contributed by atoms with Crippen LogP contribution in [-0.2, 0) is 4.79 Å². The van der Waals surface area contributed by atoms with Gasteiger partial charge in [-0.05, 0) is 31.6 Å². The number of hydrogen-bond donors (Lipinski definition) is 2. The minimum atomic E-state index is -0.515. The molecule has 1 unspecified atom stereocenters. The van der Waals surface area contributed by atoms with Gasteiger partial charge in [0, 0.05) is 13.1 Å². The molecule has 5 nitrogen and oxygen atoms in total. The van der Waals surface area contributed by atoms with Gasteiger partial charge in [-0.15, -0.1) is 0 Å². The second kappa shape index (κ2) is 5.89. The number of amidine groups is 1. The van der Waals surface area contributed by atoms with Gasteiger partial charge in [0.25, 0.3) is 0 Å². The molecule has 1 fully saturated rings. The quantitative estimate of drug-likeness (QED) is 0.318. The lowest BCUT2D eigenvalue weighted by Gasteiger charge is -2.27. The van der Waals surface area contributed by atoms with Crippen molar-refractivity contribution in [2.24, 2.45) is 28.6 Å². The van der Waals surface area contributed by atoms with Gasteiger partial charge < -0.3 is 15.8 Å². The molecule has 3 N–H and O–H groups in total. The van der Waals surface area contributed by atoms with Gasteiger partial charge in [0.15, 0.2) is 5.84 Å². The van der Waals surface area contributed by atoms with Crippen molar-refractivity contribution in [2.45, 2.75) is 33.6 Å². The van der Waals surface area contributed by atoms with Crippen molar-refractivity contribution in [3.63, 3.8) is 0 Å². The molecule has 17 heavy (non-hydrogen) atoms. The van der Waals surface area contributed by atoms with Crippen molar-refractivity contribution < 1.29 is 10.0 Å². The van der Waals surface area contributed by atoms with Crippen LogP contribution < -0.4 is 5.73 Å². The molecule has 0 heterocycles. The van der Waals surface area contributed by atoms with Crippen LogP contribution in [0.4, 0.5) is 0 Å². The molecule has 0 aromatic heterocycles. The zero-order valence-electron chi connectivity index (χ0n) is 10.9. The van der Waals surface area contributed by atoms with Gasteiger partial charge in [-0.25, -0.2) is 0 Å². The highest BCUT2D eigenvalue weighted by molar-refractivity contribution is 6.02. The van der Waals surface area contributed by atoms with Crippen LogP contribution in [0.15, 0.2) is 5.16 Å². The van der Waals surface area contributed by atoms with Crippen LogP contribution in [0, 0.1) is 17.8 Å². The Morgan fingerprint density at radius 2 is 2.12 bits per heavy atom. The highest BCUT2D eigenvalue weighted by Gasteiger charge is 2.33. The largest absolute Gasteiger partial charge is 0.409 e. The fourth-order valence-electron chi connectivity index (χ4n) is 2.00. The number of hydrogen-bond acceptors (Lipinski definition) is 3. The van der Waals surface area contributed by atoms with E-state index >= 15 is 0 Å². The number of amides is 1. The highest BCUT2D eigenvalue weighted by atomic mass is 16.4. The summed E-state index contributed by atoms with van der Waals surface area (Å²) in [4.78, 5) is 14.2. The van der Waals surface area contributed by atoms with Gasteiger partial charge in [0.2, 0.25) is 5.91 Å². The fourth-order valence-corrected chi connectivity index (χ4v) is 2.00. The molecule has 1 rings (SSSR count). The summed E-state index contributed by atoms with van der Waals surface area (Å²) in [6.07, 6.45) is 2.42. The number of carbonyl (C=O) groups excluding carboxylic acids is 1. The summed E-state index contributed by atoms with van der Waals surface area (Å²) in [5.41, 5.74) is 5.61. The Bertz CT molecular complexity index is 298. The van der Waals surface area contributed by atoms with Crippen molar-refractivity contribution in [1.82, 2.24) is 4.90 Å². The zero-order valence-corrected chi connectivity index (χ0v) is 10.9. The smallest absolute Gasteiger partial charge is 0.233 e. The minimum Gasteiger partial charge on any atom is -0.409 e. The Morgan fingerprint density at radius 3 is 2.47 bits per heavy atom. The lowest BCUT2D eigenvalue weighted by atomic mass is 9.93. The van der Waals surface area contributed by atoms with E-state index in [9.17, 15) is 4.79 Å². The van der Waals surface area contributed by atoms with Crippen LogP contribution in [0.5, 0.6) is 0 Å². The van der Waals surface area contributed by atoms with Crippen LogP contribution in [0.25, 0.3) is 0 Å². The minimum absolute atomic E-state index is 0.0132. The average molecular weight is 241 g/mol. The average Bonchev–Trinajstić information content (AvgIpc) is 3.08. The Balaban J connectivity index is 2.73. The van der Waals surface area contributed by atoms with E-state index in [0.29, 0.717) is 12.5 Å². The SMILES string of the molecule is CCN(CC1CC1)C(=O)C(C(N)=NO)C(C)C. The van der Waals surface area contributed by atoms with Gasteiger partial charge in [0.1, 0.15) is 5.92 Å². The predicted octanol–water partition coefficient (Wildman–Crippen LogP) is 1.26. The second-order valence-electron chi connectivity index (χ2n) is 5.07. The summed E-state index contributed by atoms with van der Waals surface area (Å²) in [5, 5.41) is 11.7. The third-order valence-corrected chi connectivity index (χ3v) is 3.24. The number of carbonyl (C=O) groups is 1. The van der Waals surface area contributed by atoms with Crippen molar-refractivity contribution in [2.75, 3.05) is 13.1 Å². The van der Waals surface area contributed by atoms with Crippen molar-refractivity contribution in [3.8, 4) is 0 Å². The maximum Gasteiger partial charge on any atom is 0.233 e. The molecular weight excluding hydrogens is 218 g/mol. The Morgan fingerprint density at radius 1 is 1.53 bits per heavy atom. The molecule has 0 radical (unpaired) electrons. The van der Waals surface area contributed by atoms with Crippen LogP contribution in [0.3, 0.4) is 0 Å². The van der Waals surface area contributed by atoms with E-state index in [1.54, 1.807) is 0 Å². The summed E-state index contributed by atoms with van der Waals surface area (Å²) in [6, 6.07) is 0. The summed E-state index contributed by atoms with van der Waals surface area (Å²) >= 11 is 0. The number of oxime groups is 1. The summed E-state index contributed by atoms with van der Waals surface area (Å²) in [7, 11) is 0. The molecule has 0 aromatic carbocycles. The van der Waals surface area contributed by atoms with Crippen LogP contribution in [0.2, 0.25) is 0 Å². The molecule has 0 bridgehead atoms. The van der Waals surface area contributed by atoms with E-state index in [0.717, 1.165) is 6.54 Å². The van der Waals surface area contributed by atoms with Crippen LogP contribution in [0.1, 0.15) is 33.6 Å². The lowest BCUT2D eigenvalue weighted by Crippen LogP contribution is -2.45. The number of rotatable bonds is 6. The lowest BCUT2D eigenvalue weighted by molar-refractivity contribution is -0.134. The Labute approximate surface area is 103 Å². The molecular formula is C12H23N3O2. The first kappa shape index (κ1) is 13.8. The third-order valence-electron chi connectivity index (χ3n) is 3.24. The van der Waals surface area contributed by atoms with Gasteiger partial charge in [0.05, 0.1) is 0 Å². The second-order valence-corrected chi connectivity index (χ2v) is 5.07. The first-order chi connectivity index (χ1) is 8.01. The van der Waals surface area contributed by atoms with Gasteiger partial charge >= 0.3 is 0 Å². The van der Waals surface area contributed by atoms with Crippen molar-refractivity contribution in [3.05, 3.63) is 0 Å². The molecule has 1 aliphatic rings. The first-order valence-corrected chi connectivity index (χ1v) is 6.27. The maximum absolute atomic E-state index is 12.3. The van der Waals surface area contributed by atoms with Gasteiger partial charge in [-0.2, -0.15) is 0 Å². The maximum atomic E-state index is 12.3. The van der Waals surface area contributed by atoms with Crippen molar-refractivity contribution in [1.29, 1.82) is 0 Å². The molecule has 1 atom stereocenters. The first-order valence-electron chi connectivity index (χ1n) is 6.27. The molecule has 5 heteroatoms. The molecule has 1 saturated carbocycles. The molecule has 0 saturated heterocycles. The Hall–Kier alpha value is -1.26. The predicted molar refractivity (Wildman–Crippen MR) is 66.7 cm³/mol. The normalized spacial score (nSPS) is 18.2. The van der Waals surface area contributed by atoms with Crippen LogP contribution in [-0.4, -0.2) is 34.9 Å². The summed E-state index contributed by atoms with van der Waals surface area (Å²) < 4.78 is 0. The molecule has 1 aliphatic carbocycles. The van der Waals surface area contributed by atoms with E-state index < -0.39 is 5.92 Å². The van der Waals surface area contributed by atoms with E-state index in [4.69, 9.17) is 10.9 Å². The van der Waals surface area contributed by atoms with Crippen molar-refractivity contribution >= 4 is 11.7 Å². The van der Waals surface area contributed by atoms with Gasteiger partial charge in [-0.3, -0.25) is 4.79 Å². The van der Waals surface area contributed by atoms with E-state index in [2.05, 4.69) is 5.16 Å². The third kappa shape index (κ3) is 3.61. The monoisotopic (exact) mass is 241 g/mol. The zero-order chi connectivity index (χ0) is 13.0. The van der Waals surface area contributed by atoms with E-state index in [-0.39, 0.29) is 17.7 Å². The van der Waals surface area contributed by atoms with E-state index in [1.807, 2.05) is 25.7 Å². The highest BCUT2D eigenvalue weighted by Crippen LogP contribution is 2.30. The molecule has 0 aliphatic heterocycles. The van der Waals surface area contributed by atoms with Crippen LogP contribution >= 0.6 is 0 Å². The summed E-state index contributed by atoms with van der Waals surface area (Å²) in [6.45, 7) is 7.26.